The third-order valence-corrected chi connectivity index (χ3v) is 3.89. The molecule has 3 rings (SSSR count). The van der Waals surface area contributed by atoms with Crippen LogP contribution in [0.5, 0.6) is 5.75 Å². The van der Waals surface area contributed by atoms with Gasteiger partial charge in [0.15, 0.2) is 5.82 Å². The first kappa shape index (κ1) is 13.1. The van der Waals surface area contributed by atoms with Gasteiger partial charge in [0.2, 0.25) is 0 Å². The number of nitrogens with one attached hydrogen (secondary N) is 1. The first-order chi connectivity index (χ1) is 9.79. The molecule has 0 spiro atoms. The van der Waals surface area contributed by atoms with Gasteiger partial charge in [0.1, 0.15) is 29.0 Å². The van der Waals surface area contributed by atoms with Gasteiger partial charge in [-0.15, -0.1) is 0 Å². The third-order valence-electron chi connectivity index (χ3n) is 3.16. The minimum atomic E-state index is 0.563. The monoisotopic (exact) mass is 335 g/mol. The number of hydrogen-bond donors (Lipinski definition) is 2. The number of halogens is 1. The number of rotatable bonds is 2. The highest BCUT2D eigenvalue weighted by Crippen LogP contribution is 2.32. The molecule has 3 N–H and O–H groups in total. The first-order valence-corrected chi connectivity index (χ1v) is 7.01. The predicted molar refractivity (Wildman–Crippen MR) is 80.5 cm³/mol. The summed E-state index contributed by atoms with van der Waals surface area (Å²) in [7, 11) is 0. The van der Waals surface area contributed by atoms with Gasteiger partial charge >= 0.3 is 0 Å². The zero-order valence-corrected chi connectivity index (χ0v) is 12.3. The van der Waals surface area contributed by atoms with E-state index in [-0.39, 0.29) is 0 Å². The van der Waals surface area contributed by atoms with Crippen molar-refractivity contribution in [3.63, 3.8) is 0 Å². The topological polar surface area (TPSA) is 76.3 Å². The Morgan fingerprint density at radius 1 is 1.30 bits per heavy atom. The first-order valence-electron chi connectivity index (χ1n) is 6.22. The van der Waals surface area contributed by atoms with Crippen molar-refractivity contribution in [1.82, 2.24) is 9.97 Å². The van der Waals surface area contributed by atoms with E-state index in [1.54, 1.807) is 0 Å². The SMILES string of the molecule is NNc1ncnc(N2CCOc3ccccc3C2)c1Br. The van der Waals surface area contributed by atoms with Gasteiger partial charge in [0, 0.05) is 12.1 Å². The molecule has 0 saturated heterocycles. The smallest absolute Gasteiger partial charge is 0.159 e. The maximum atomic E-state index is 5.76. The van der Waals surface area contributed by atoms with Gasteiger partial charge in [-0.1, -0.05) is 18.2 Å². The summed E-state index contributed by atoms with van der Waals surface area (Å²) >= 11 is 3.49. The fourth-order valence-electron chi connectivity index (χ4n) is 2.19. The van der Waals surface area contributed by atoms with Gasteiger partial charge < -0.3 is 15.1 Å². The quantitative estimate of drug-likeness (QED) is 0.645. The van der Waals surface area contributed by atoms with E-state index in [4.69, 9.17) is 10.6 Å². The van der Waals surface area contributed by atoms with Crippen molar-refractivity contribution in [3.8, 4) is 5.75 Å². The molecule has 20 heavy (non-hydrogen) atoms. The molecule has 0 saturated carbocycles. The Balaban J connectivity index is 1.95. The van der Waals surface area contributed by atoms with Crippen molar-refractivity contribution in [1.29, 1.82) is 0 Å². The molecule has 1 aliphatic heterocycles. The summed E-state index contributed by atoms with van der Waals surface area (Å²) in [4.78, 5) is 10.5. The molecule has 0 unspecified atom stereocenters. The van der Waals surface area contributed by atoms with Gasteiger partial charge in [-0.3, -0.25) is 0 Å². The molecule has 1 aliphatic rings. The predicted octanol–water partition coefficient (Wildman–Crippen LogP) is 1.92. The molecule has 6 nitrogen and oxygen atoms in total. The lowest BCUT2D eigenvalue weighted by Crippen LogP contribution is -2.27. The molecule has 7 heteroatoms. The van der Waals surface area contributed by atoms with E-state index in [1.165, 1.54) is 6.33 Å². The van der Waals surface area contributed by atoms with E-state index in [0.717, 1.165) is 34.7 Å². The van der Waals surface area contributed by atoms with Crippen LogP contribution in [0.1, 0.15) is 5.56 Å². The van der Waals surface area contributed by atoms with E-state index < -0.39 is 0 Å². The van der Waals surface area contributed by atoms with Crippen molar-refractivity contribution in [2.45, 2.75) is 6.54 Å². The van der Waals surface area contributed by atoms with E-state index in [1.807, 2.05) is 18.2 Å². The second kappa shape index (κ2) is 5.64. The number of ether oxygens (including phenoxy) is 1. The minimum Gasteiger partial charge on any atom is -0.491 e. The van der Waals surface area contributed by atoms with Crippen LogP contribution < -0.4 is 20.9 Å². The van der Waals surface area contributed by atoms with Crippen LogP contribution in [0.25, 0.3) is 0 Å². The van der Waals surface area contributed by atoms with Crippen molar-refractivity contribution >= 4 is 27.6 Å². The fraction of sp³-hybridized carbons (Fsp3) is 0.231. The Labute approximate surface area is 125 Å². The molecule has 104 valence electrons. The van der Waals surface area contributed by atoms with E-state index >= 15 is 0 Å². The summed E-state index contributed by atoms with van der Waals surface area (Å²) in [6, 6.07) is 8.03. The summed E-state index contributed by atoms with van der Waals surface area (Å²) in [5.74, 6) is 7.73. The molecule has 1 aromatic heterocycles. The lowest BCUT2D eigenvalue weighted by atomic mass is 10.2. The average Bonchev–Trinajstić information content (AvgIpc) is 2.69. The minimum absolute atomic E-state index is 0.563. The molecule has 0 radical (unpaired) electrons. The van der Waals surface area contributed by atoms with Crippen molar-refractivity contribution < 1.29 is 4.74 Å². The van der Waals surface area contributed by atoms with Crippen LogP contribution in [0.2, 0.25) is 0 Å². The molecule has 0 amide bonds. The Bertz CT molecular complexity index is 621. The number of anilines is 2. The highest BCUT2D eigenvalue weighted by Gasteiger charge is 2.19. The molecule has 0 atom stereocenters. The van der Waals surface area contributed by atoms with Crippen LogP contribution in [-0.4, -0.2) is 23.1 Å². The van der Waals surface area contributed by atoms with E-state index in [0.29, 0.717) is 12.4 Å². The molecule has 2 heterocycles. The second-order valence-electron chi connectivity index (χ2n) is 4.38. The number of hydrazine groups is 1. The third kappa shape index (κ3) is 2.41. The van der Waals surface area contributed by atoms with Gasteiger partial charge in [-0.2, -0.15) is 0 Å². The van der Waals surface area contributed by atoms with Crippen LogP contribution in [0.3, 0.4) is 0 Å². The van der Waals surface area contributed by atoms with Crippen molar-refractivity contribution in [3.05, 3.63) is 40.6 Å². The summed E-state index contributed by atoms with van der Waals surface area (Å²) in [5, 5.41) is 0. The Morgan fingerprint density at radius 3 is 3.00 bits per heavy atom. The van der Waals surface area contributed by atoms with Crippen molar-refractivity contribution in [2.24, 2.45) is 5.84 Å². The van der Waals surface area contributed by atoms with E-state index in [2.05, 4.69) is 42.3 Å². The van der Waals surface area contributed by atoms with Crippen LogP contribution in [0.4, 0.5) is 11.6 Å². The summed E-state index contributed by atoms with van der Waals surface area (Å²) in [6.45, 7) is 2.09. The maximum absolute atomic E-state index is 5.76. The lowest BCUT2D eigenvalue weighted by Gasteiger charge is -2.22. The number of hydrogen-bond acceptors (Lipinski definition) is 6. The number of aromatic nitrogens is 2. The highest BCUT2D eigenvalue weighted by atomic mass is 79.9. The van der Waals surface area contributed by atoms with Crippen molar-refractivity contribution in [2.75, 3.05) is 23.5 Å². The summed E-state index contributed by atoms with van der Waals surface area (Å²) < 4.78 is 6.51. The molecule has 2 aromatic rings. The normalized spacial score (nSPS) is 14.2. The molecule has 0 fully saturated rings. The number of para-hydroxylation sites is 1. The molecule has 1 aromatic carbocycles. The van der Waals surface area contributed by atoms with Crippen LogP contribution in [0, 0.1) is 0 Å². The van der Waals surface area contributed by atoms with Gasteiger partial charge in [-0.25, -0.2) is 15.8 Å². The highest BCUT2D eigenvalue weighted by molar-refractivity contribution is 9.10. The van der Waals surface area contributed by atoms with Crippen LogP contribution in [-0.2, 0) is 6.54 Å². The standard InChI is InChI=1S/C13H14BrN5O/c14-11-12(18-15)16-8-17-13(11)19-5-6-20-10-4-2-1-3-9(10)7-19/h1-4,8H,5-7,15H2,(H,16,17,18). The lowest BCUT2D eigenvalue weighted by molar-refractivity contribution is 0.331. The van der Waals surface area contributed by atoms with E-state index in [9.17, 15) is 0 Å². The number of nitrogen functional groups attached to an aromatic ring is 1. The average molecular weight is 336 g/mol. The van der Waals surface area contributed by atoms with Gasteiger partial charge in [0.25, 0.3) is 0 Å². The largest absolute Gasteiger partial charge is 0.491 e. The molecular weight excluding hydrogens is 322 g/mol. The second-order valence-corrected chi connectivity index (χ2v) is 5.17. The molecule has 0 aliphatic carbocycles. The zero-order valence-electron chi connectivity index (χ0n) is 10.7. The zero-order chi connectivity index (χ0) is 13.9. The van der Waals surface area contributed by atoms with Crippen LogP contribution in [0.15, 0.2) is 35.1 Å². The molecular formula is C13H14BrN5O. The summed E-state index contributed by atoms with van der Waals surface area (Å²) in [5.41, 5.74) is 3.69. The number of benzene rings is 1. The number of fused-ring (bicyclic) bond motifs is 1. The number of nitrogens with zero attached hydrogens (tertiary/aromatic N) is 3. The van der Waals surface area contributed by atoms with Gasteiger partial charge in [0.05, 0.1) is 6.54 Å². The Hall–Kier alpha value is -1.86. The number of nitrogens with two attached hydrogens (primary N) is 1. The Kier molecular flexibility index (Phi) is 3.70. The van der Waals surface area contributed by atoms with Gasteiger partial charge in [-0.05, 0) is 22.0 Å². The fourth-order valence-corrected chi connectivity index (χ4v) is 2.76. The Morgan fingerprint density at radius 2 is 2.15 bits per heavy atom. The van der Waals surface area contributed by atoms with Crippen LogP contribution >= 0.6 is 15.9 Å². The maximum Gasteiger partial charge on any atom is 0.159 e. The summed E-state index contributed by atoms with van der Waals surface area (Å²) in [6.07, 6.45) is 1.49. The molecule has 0 bridgehead atoms.